The van der Waals surface area contributed by atoms with Crippen molar-refractivity contribution in [3.05, 3.63) is 34.4 Å². The zero-order valence-corrected chi connectivity index (χ0v) is 13.2. The van der Waals surface area contributed by atoms with Crippen molar-refractivity contribution in [2.24, 2.45) is 5.92 Å². The van der Waals surface area contributed by atoms with Crippen molar-refractivity contribution in [1.29, 1.82) is 0 Å². The number of hydrogen-bond donors (Lipinski definition) is 0. The molecule has 1 saturated carbocycles. The zero-order valence-electron chi connectivity index (χ0n) is 12.3. The van der Waals surface area contributed by atoms with Crippen LogP contribution in [-0.2, 0) is 10.0 Å². The van der Waals surface area contributed by atoms with Crippen molar-refractivity contribution < 1.29 is 13.3 Å². The predicted octanol–water partition coefficient (Wildman–Crippen LogP) is 2.94. The first kappa shape index (κ1) is 15.4. The molecule has 0 aromatic heterocycles. The summed E-state index contributed by atoms with van der Waals surface area (Å²) < 4.78 is 27.4. The average molecular weight is 324 g/mol. The highest BCUT2D eigenvalue weighted by molar-refractivity contribution is 7.89. The van der Waals surface area contributed by atoms with Crippen LogP contribution in [0.25, 0.3) is 0 Å². The SMILES string of the molecule is O=[N+]([O-])c1ccc(S(=O)(=O)N2CCC[C@@H]3CCCC[C@@H]32)cc1. The normalized spacial score (nSPS) is 26.4. The van der Waals surface area contributed by atoms with Gasteiger partial charge in [-0.1, -0.05) is 12.8 Å². The van der Waals surface area contributed by atoms with Gasteiger partial charge in [-0.2, -0.15) is 4.31 Å². The van der Waals surface area contributed by atoms with Crippen LogP contribution in [0.2, 0.25) is 0 Å². The minimum absolute atomic E-state index is 0.0897. The Morgan fingerprint density at radius 3 is 2.36 bits per heavy atom. The molecule has 120 valence electrons. The largest absolute Gasteiger partial charge is 0.269 e. The van der Waals surface area contributed by atoms with E-state index >= 15 is 0 Å². The van der Waals surface area contributed by atoms with Crippen LogP contribution in [-0.4, -0.2) is 30.2 Å². The van der Waals surface area contributed by atoms with Gasteiger partial charge in [-0.05, 0) is 43.7 Å². The highest BCUT2D eigenvalue weighted by Gasteiger charge is 2.39. The molecule has 2 atom stereocenters. The lowest BCUT2D eigenvalue weighted by Gasteiger charge is -2.43. The molecule has 3 rings (SSSR count). The summed E-state index contributed by atoms with van der Waals surface area (Å²) in [5.41, 5.74) is -0.0897. The van der Waals surface area contributed by atoms with Gasteiger partial charge >= 0.3 is 0 Å². The molecule has 2 fully saturated rings. The third-order valence-corrected chi connectivity index (χ3v) is 6.79. The molecule has 22 heavy (non-hydrogen) atoms. The topological polar surface area (TPSA) is 80.5 Å². The highest BCUT2D eigenvalue weighted by atomic mass is 32.2. The van der Waals surface area contributed by atoms with E-state index in [1.54, 1.807) is 4.31 Å². The number of non-ortho nitro benzene ring substituents is 1. The van der Waals surface area contributed by atoms with Crippen LogP contribution in [0.3, 0.4) is 0 Å². The van der Waals surface area contributed by atoms with Gasteiger partial charge in [-0.25, -0.2) is 8.42 Å². The maximum Gasteiger partial charge on any atom is 0.269 e. The number of benzene rings is 1. The van der Waals surface area contributed by atoms with E-state index in [0.29, 0.717) is 12.5 Å². The number of nitro benzene ring substituents is 1. The van der Waals surface area contributed by atoms with Gasteiger partial charge in [-0.3, -0.25) is 10.1 Å². The van der Waals surface area contributed by atoms with Crippen LogP contribution in [0.4, 0.5) is 5.69 Å². The van der Waals surface area contributed by atoms with E-state index in [1.807, 2.05) is 0 Å². The molecule has 1 heterocycles. The summed E-state index contributed by atoms with van der Waals surface area (Å²) in [6.45, 7) is 0.556. The summed E-state index contributed by atoms with van der Waals surface area (Å²) in [7, 11) is -3.56. The lowest BCUT2D eigenvalue weighted by Crippen LogP contribution is -2.49. The van der Waals surface area contributed by atoms with Crippen molar-refractivity contribution in [2.45, 2.75) is 49.5 Å². The zero-order chi connectivity index (χ0) is 15.7. The molecular formula is C15H20N2O4S. The Bertz CT molecular complexity index is 655. The van der Waals surface area contributed by atoms with Gasteiger partial charge in [0.25, 0.3) is 5.69 Å². The summed E-state index contributed by atoms with van der Waals surface area (Å²) in [4.78, 5) is 10.3. The quantitative estimate of drug-likeness (QED) is 0.632. The Labute approximate surface area is 130 Å². The van der Waals surface area contributed by atoms with Gasteiger partial charge in [0.05, 0.1) is 9.82 Å². The van der Waals surface area contributed by atoms with Gasteiger partial charge in [-0.15, -0.1) is 0 Å². The van der Waals surface area contributed by atoms with E-state index in [9.17, 15) is 18.5 Å². The minimum atomic E-state index is -3.56. The first-order chi connectivity index (χ1) is 10.5. The van der Waals surface area contributed by atoms with Gasteiger partial charge < -0.3 is 0 Å². The molecule has 7 heteroatoms. The van der Waals surface area contributed by atoms with Crippen LogP contribution in [0, 0.1) is 16.0 Å². The number of sulfonamides is 1. The van der Waals surface area contributed by atoms with E-state index in [1.165, 1.54) is 30.7 Å². The second-order valence-electron chi connectivity index (χ2n) is 6.12. The fraction of sp³-hybridized carbons (Fsp3) is 0.600. The van der Waals surface area contributed by atoms with Crippen LogP contribution in [0.5, 0.6) is 0 Å². The van der Waals surface area contributed by atoms with Gasteiger partial charge in [0, 0.05) is 24.7 Å². The Kier molecular flexibility index (Phi) is 4.18. The van der Waals surface area contributed by atoms with Crippen LogP contribution in [0.15, 0.2) is 29.2 Å². The minimum Gasteiger partial charge on any atom is -0.258 e. The summed E-state index contributed by atoms with van der Waals surface area (Å²) in [5, 5.41) is 10.7. The summed E-state index contributed by atoms with van der Waals surface area (Å²) in [6.07, 6.45) is 6.30. The lowest BCUT2D eigenvalue weighted by molar-refractivity contribution is -0.384. The van der Waals surface area contributed by atoms with Crippen LogP contribution in [0.1, 0.15) is 38.5 Å². The first-order valence-electron chi connectivity index (χ1n) is 7.76. The van der Waals surface area contributed by atoms with Crippen LogP contribution < -0.4 is 0 Å². The van der Waals surface area contributed by atoms with Crippen molar-refractivity contribution >= 4 is 15.7 Å². The van der Waals surface area contributed by atoms with E-state index in [-0.39, 0.29) is 16.6 Å². The number of piperidine rings is 1. The molecule has 2 aliphatic rings. The molecule has 1 aliphatic carbocycles. The maximum absolute atomic E-state index is 12.9. The number of rotatable bonds is 3. The molecule has 6 nitrogen and oxygen atoms in total. The maximum atomic E-state index is 12.9. The molecule has 0 unspecified atom stereocenters. The predicted molar refractivity (Wildman–Crippen MR) is 82.0 cm³/mol. The average Bonchev–Trinajstić information content (AvgIpc) is 2.54. The van der Waals surface area contributed by atoms with Gasteiger partial charge in [0.1, 0.15) is 0 Å². The smallest absolute Gasteiger partial charge is 0.258 e. The standard InChI is InChI=1S/C15H20N2O4S/c18-17(19)13-7-9-14(10-8-13)22(20,21)16-11-3-5-12-4-1-2-6-15(12)16/h7-10,12,15H,1-6,11H2/t12-,15-/m0/s1. The molecule has 0 spiro atoms. The van der Waals surface area contributed by atoms with Gasteiger partial charge in [0.15, 0.2) is 0 Å². The first-order valence-corrected chi connectivity index (χ1v) is 9.20. The molecule has 0 N–H and O–H groups in total. The van der Waals surface area contributed by atoms with Crippen molar-refractivity contribution in [3.63, 3.8) is 0 Å². The van der Waals surface area contributed by atoms with E-state index in [0.717, 1.165) is 32.1 Å². The summed E-state index contributed by atoms with van der Waals surface area (Å²) >= 11 is 0. The van der Waals surface area contributed by atoms with E-state index < -0.39 is 14.9 Å². The summed E-state index contributed by atoms with van der Waals surface area (Å²) in [6, 6.07) is 5.31. The van der Waals surface area contributed by atoms with E-state index in [2.05, 4.69) is 0 Å². The fourth-order valence-electron chi connectivity index (χ4n) is 3.75. The fourth-order valence-corrected chi connectivity index (χ4v) is 5.51. The molecule has 1 aromatic rings. The van der Waals surface area contributed by atoms with Crippen molar-refractivity contribution in [2.75, 3.05) is 6.54 Å². The third kappa shape index (κ3) is 2.75. The Hall–Kier alpha value is -1.47. The molecule has 0 amide bonds. The monoisotopic (exact) mass is 324 g/mol. The molecule has 0 radical (unpaired) electrons. The molecule has 0 bridgehead atoms. The highest BCUT2D eigenvalue weighted by Crippen LogP contribution is 2.38. The second kappa shape index (κ2) is 5.96. The van der Waals surface area contributed by atoms with E-state index in [4.69, 9.17) is 0 Å². The number of fused-ring (bicyclic) bond motifs is 1. The van der Waals surface area contributed by atoms with Crippen molar-refractivity contribution in [3.8, 4) is 0 Å². The Morgan fingerprint density at radius 1 is 1.05 bits per heavy atom. The second-order valence-corrected chi connectivity index (χ2v) is 8.01. The third-order valence-electron chi connectivity index (χ3n) is 4.85. The number of nitrogens with zero attached hydrogens (tertiary/aromatic N) is 2. The number of hydrogen-bond acceptors (Lipinski definition) is 4. The molecular weight excluding hydrogens is 304 g/mol. The Morgan fingerprint density at radius 2 is 1.68 bits per heavy atom. The number of nitro groups is 1. The van der Waals surface area contributed by atoms with Gasteiger partial charge in [0.2, 0.25) is 10.0 Å². The summed E-state index contributed by atoms with van der Waals surface area (Å²) in [5.74, 6) is 0.468. The Balaban J connectivity index is 1.89. The molecule has 1 aromatic carbocycles. The van der Waals surface area contributed by atoms with Crippen molar-refractivity contribution in [1.82, 2.24) is 4.31 Å². The molecule has 1 aliphatic heterocycles. The van der Waals surface area contributed by atoms with Crippen LogP contribution >= 0.6 is 0 Å². The molecule has 1 saturated heterocycles. The lowest BCUT2D eigenvalue weighted by atomic mass is 9.79.